The third-order valence-electron chi connectivity index (χ3n) is 6.15. The summed E-state index contributed by atoms with van der Waals surface area (Å²) in [6.07, 6.45) is 9.88. The zero-order chi connectivity index (χ0) is 26.4. The van der Waals surface area contributed by atoms with Crippen molar-refractivity contribution in [3.05, 3.63) is 0 Å². The highest BCUT2D eigenvalue weighted by atomic mass is 16.5. The smallest absolute Gasteiger partial charge is 0.305 e. The minimum atomic E-state index is -0.806. The van der Waals surface area contributed by atoms with Gasteiger partial charge in [-0.15, -0.1) is 0 Å². The first-order valence-electron chi connectivity index (χ1n) is 13.5. The van der Waals surface area contributed by atoms with Crippen molar-refractivity contribution in [1.29, 1.82) is 0 Å². The molecule has 0 saturated carbocycles. The molecule has 8 heteroatoms. The predicted molar refractivity (Wildman–Crippen MR) is 135 cm³/mol. The Morgan fingerprint density at radius 1 is 0.686 bits per heavy atom. The number of unbranched alkanes of at least 4 members (excludes halogenated alkanes) is 6. The summed E-state index contributed by atoms with van der Waals surface area (Å²) in [6, 6.07) is 0. The second-order valence-corrected chi connectivity index (χ2v) is 9.89. The van der Waals surface area contributed by atoms with Crippen LogP contribution in [0.25, 0.3) is 0 Å². The first-order chi connectivity index (χ1) is 16.8. The topological polar surface area (TPSA) is 119 Å². The zero-order valence-electron chi connectivity index (χ0n) is 22.4. The third-order valence-corrected chi connectivity index (χ3v) is 6.15. The Balaban J connectivity index is 3.94. The average Bonchev–Trinajstić information content (AvgIpc) is 2.84. The summed E-state index contributed by atoms with van der Waals surface area (Å²) in [6.45, 7) is 6.47. The van der Waals surface area contributed by atoms with E-state index in [-0.39, 0.29) is 57.2 Å². The van der Waals surface area contributed by atoms with Crippen molar-refractivity contribution in [1.82, 2.24) is 0 Å². The number of carbonyl (C=O) groups excluding carboxylic acids is 3. The number of carbonyl (C=O) groups is 3. The number of aliphatic hydroxyl groups excluding tert-OH is 2. The van der Waals surface area contributed by atoms with E-state index in [9.17, 15) is 19.5 Å². The molecule has 206 valence electrons. The van der Waals surface area contributed by atoms with Crippen LogP contribution in [0.2, 0.25) is 0 Å². The van der Waals surface area contributed by atoms with Crippen molar-refractivity contribution >= 4 is 17.9 Å². The van der Waals surface area contributed by atoms with Crippen LogP contribution in [-0.2, 0) is 28.6 Å². The summed E-state index contributed by atoms with van der Waals surface area (Å²) in [4.78, 5) is 35.7. The van der Waals surface area contributed by atoms with Crippen LogP contribution < -0.4 is 0 Å². The monoisotopic (exact) mass is 502 g/mol. The van der Waals surface area contributed by atoms with Gasteiger partial charge in [-0.1, -0.05) is 46.5 Å². The van der Waals surface area contributed by atoms with E-state index in [1.165, 1.54) is 6.42 Å². The van der Waals surface area contributed by atoms with Crippen LogP contribution in [0.5, 0.6) is 0 Å². The number of rotatable bonds is 23. The third kappa shape index (κ3) is 19.2. The second-order valence-electron chi connectivity index (χ2n) is 9.89. The van der Waals surface area contributed by atoms with Gasteiger partial charge in [-0.2, -0.15) is 0 Å². The Morgan fingerprint density at radius 3 is 1.63 bits per heavy atom. The first kappa shape index (κ1) is 33.3. The second kappa shape index (κ2) is 21.6. The molecule has 1 unspecified atom stereocenters. The predicted octanol–water partition coefficient (Wildman–Crippen LogP) is 4.72. The van der Waals surface area contributed by atoms with E-state index in [0.29, 0.717) is 51.0 Å². The Kier molecular flexibility index (Phi) is 20.6. The molecule has 0 spiro atoms. The van der Waals surface area contributed by atoms with Crippen molar-refractivity contribution in [3.63, 3.8) is 0 Å². The molecule has 0 fully saturated rings. The van der Waals surface area contributed by atoms with Crippen LogP contribution >= 0.6 is 0 Å². The molecule has 35 heavy (non-hydrogen) atoms. The summed E-state index contributed by atoms with van der Waals surface area (Å²) in [5.74, 6) is -0.164. The summed E-state index contributed by atoms with van der Waals surface area (Å²) < 4.78 is 15.9. The molecule has 0 aromatic rings. The molecule has 2 N–H and O–H groups in total. The molecule has 0 aromatic heterocycles. The molecule has 0 rings (SSSR count). The van der Waals surface area contributed by atoms with Gasteiger partial charge in [-0.05, 0) is 50.9 Å². The Bertz CT molecular complexity index is 557. The summed E-state index contributed by atoms with van der Waals surface area (Å²) in [5, 5.41) is 18.6. The molecule has 0 radical (unpaired) electrons. The molecule has 0 aliphatic heterocycles. The van der Waals surface area contributed by atoms with E-state index in [4.69, 9.17) is 19.3 Å². The van der Waals surface area contributed by atoms with Crippen molar-refractivity contribution in [3.8, 4) is 0 Å². The van der Waals surface area contributed by atoms with E-state index < -0.39 is 5.41 Å². The summed E-state index contributed by atoms with van der Waals surface area (Å²) in [5.41, 5.74) is -0.806. The molecule has 0 heterocycles. The lowest BCUT2D eigenvalue weighted by Gasteiger charge is -2.29. The molecule has 0 aliphatic carbocycles. The lowest BCUT2D eigenvalue weighted by Crippen LogP contribution is -2.37. The highest BCUT2D eigenvalue weighted by Gasteiger charge is 2.31. The van der Waals surface area contributed by atoms with Crippen LogP contribution in [0.15, 0.2) is 0 Å². The number of esters is 3. The maximum atomic E-state index is 12.1. The van der Waals surface area contributed by atoms with Gasteiger partial charge in [0.1, 0.15) is 13.2 Å². The van der Waals surface area contributed by atoms with E-state index in [0.717, 1.165) is 32.1 Å². The van der Waals surface area contributed by atoms with Gasteiger partial charge in [0.2, 0.25) is 0 Å². The fraction of sp³-hybridized carbons (Fsp3) is 0.889. The highest BCUT2D eigenvalue weighted by Crippen LogP contribution is 2.23. The van der Waals surface area contributed by atoms with Crippen LogP contribution in [0, 0.1) is 11.3 Å². The van der Waals surface area contributed by atoms with E-state index >= 15 is 0 Å². The number of hydrogen-bond acceptors (Lipinski definition) is 8. The fourth-order valence-electron chi connectivity index (χ4n) is 3.42. The maximum Gasteiger partial charge on any atom is 0.305 e. The Labute approximate surface area is 212 Å². The first-order valence-corrected chi connectivity index (χ1v) is 13.5. The lowest BCUT2D eigenvalue weighted by atomic mass is 9.88. The number of hydrogen-bond donors (Lipinski definition) is 2. The highest BCUT2D eigenvalue weighted by molar-refractivity contribution is 5.70. The zero-order valence-corrected chi connectivity index (χ0v) is 22.4. The molecule has 0 saturated heterocycles. The summed E-state index contributed by atoms with van der Waals surface area (Å²) >= 11 is 0. The van der Waals surface area contributed by atoms with Gasteiger partial charge < -0.3 is 24.4 Å². The molecular weight excluding hydrogens is 452 g/mol. The van der Waals surface area contributed by atoms with Crippen LogP contribution in [0.1, 0.15) is 111 Å². The van der Waals surface area contributed by atoms with Gasteiger partial charge in [-0.3, -0.25) is 14.4 Å². The van der Waals surface area contributed by atoms with Gasteiger partial charge >= 0.3 is 17.9 Å². The number of ether oxygens (including phenoxy) is 3. The minimum Gasteiger partial charge on any atom is -0.466 e. The van der Waals surface area contributed by atoms with Crippen molar-refractivity contribution in [2.24, 2.45) is 11.3 Å². The van der Waals surface area contributed by atoms with Crippen LogP contribution in [-0.4, -0.2) is 61.2 Å². The Hall–Kier alpha value is -1.67. The van der Waals surface area contributed by atoms with Gasteiger partial charge in [0.25, 0.3) is 0 Å². The van der Waals surface area contributed by atoms with Crippen LogP contribution in [0.3, 0.4) is 0 Å². The molecule has 0 aromatic carbocycles. The van der Waals surface area contributed by atoms with E-state index in [1.54, 1.807) is 0 Å². The molecule has 8 nitrogen and oxygen atoms in total. The molecule has 1 atom stereocenters. The largest absolute Gasteiger partial charge is 0.466 e. The molecule has 0 bridgehead atoms. The van der Waals surface area contributed by atoms with Crippen molar-refractivity contribution in [2.75, 3.05) is 33.0 Å². The minimum absolute atomic E-state index is 0.00475. The maximum absolute atomic E-state index is 12.1. The molecular formula is C27H50O8. The number of aliphatic hydroxyl groups is 2. The normalized spacial score (nSPS) is 12.9. The van der Waals surface area contributed by atoms with Gasteiger partial charge in [0, 0.05) is 25.9 Å². The lowest BCUT2D eigenvalue weighted by molar-refractivity contribution is -0.157. The van der Waals surface area contributed by atoms with Crippen molar-refractivity contribution < 1.29 is 38.8 Å². The van der Waals surface area contributed by atoms with E-state index in [1.807, 2.05) is 6.92 Å². The van der Waals surface area contributed by atoms with Gasteiger partial charge in [-0.25, -0.2) is 0 Å². The van der Waals surface area contributed by atoms with Crippen LogP contribution in [0.4, 0.5) is 0 Å². The molecule has 0 amide bonds. The summed E-state index contributed by atoms with van der Waals surface area (Å²) in [7, 11) is 0. The fourth-order valence-corrected chi connectivity index (χ4v) is 3.42. The Morgan fingerprint density at radius 2 is 1.17 bits per heavy atom. The SMILES string of the molecule is CCC(CO)(COC(=O)CCCCCO)COC(=O)CCCCCOC(=O)CCCCCC(C)C. The standard InChI is InChI=1S/C27H50O8/c1-4-27(20-29,21-34-25(31)16-10-6-12-18-28)22-35-26(32)17-11-7-13-19-33-24(30)15-9-5-8-14-23(2)3/h23,28-29H,4-22H2,1-3H3. The van der Waals surface area contributed by atoms with Gasteiger partial charge in [0.05, 0.1) is 18.6 Å². The van der Waals surface area contributed by atoms with Gasteiger partial charge in [0.15, 0.2) is 0 Å². The molecule has 0 aliphatic rings. The quantitative estimate of drug-likeness (QED) is 0.117. The van der Waals surface area contributed by atoms with E-state index in [2.05, 4.69) is 13.8 Å². The van der Waals surface area contributed by atoms with Crippen molar-refractivity contribution in [2.45, 2.75) is 111 Å². The average molecular weight is 503 g/mol.